The van der Waals surface area contributed by atoms with Gasteiger partial charge < -0.3 is 5.32 Å². The molecule has 1 amide bonds. The van der Waals surface area contributed by atoms with Gasteiger partial charge in [-0.15, -0.1) is 0 Å². The second kappa shape index (κ2) is 5.00. The molecule has 2 aromatic rings. The van der Waals surface area contributed by atoms with Gasteiger partial charge in [0.05, 0.1) is 0 Å². The summed E-state index contributed by atoms with van der Waals surface area (Å²) in [4.78, 5) is 12.0. The van der Waals surface area contributed by atoms with E-state index in [1.807, 2.05) is 19.1 Å². The van der Waals surface area contributed by atoms with Crippen LogP contribution in [0.3, 0.4) is 0 Å². The summed E-state index contributed by atoms with van der Waals surface area (Å²) < 4.78 is 13.3. The Hall–Kier alpha value is -2.16. The molecule has 18 heavy (non-hydrogen) atoms. The summed E-state index contributed by atoms with van der Waals surface area (Å²) in [5, 5.41) is 2.71. The highest BCUT2D eigenvalue weighted by Gasteiger charge is 2.09. The third-order valence-electron chi connectivity index (χ3n) is 2.83. The van der Waals surface area contributed by atoms with Crippen LogP contribution in [0.2, 0.25) is 0 Å². The van der Waals surface area contributed by atoms with Gasteiger partial charge in [0.2, 0.25) is 0 Å². The van der Waals surface area contributed by atoms with E-state index in [0.29, 0.717) is 16.8 Å². The molecule has 92 valence electrons. The Morgan fingerprint density at radius 2 is 1.72 bits per heavy atom. The highest BCUT2D eigenvalue weighted by molar-refractivity contribution is 6.04. The van der Waals surface area contributed by atoms with Gasteiger partial charge in [-0.25, -0.2) is 4.39 Å². The third kappa shape index (κ3) is 2.56. The average Bonchev–Trinajstić information content (AvgIpc) is 2.36. The minimum Gasteiger partial charge on any atom is -0.322 e. The Kier molecular flexibility index (Phi) is 3.42. The van der Waals surface area contributed by atoms with Crippen LogP contribution in [0.25, 0.3) is 0 Å². The maximum Gasteiger partial charge on any atom is 0.255 e. The van der Waals surface area contributed by atoms with Gasteiger partial charge in [0.15, 0.2) is 0 Å². The Bertz CT molecular complexity index is 576. The molecule has 0 spiro atoms. The predicted molar refractivity (Wildman–Crippen MR) is 70.3 cm³/mol. The SMILES string of the molecule is Cc1ccc(C(=O)Nc2cccc(F)c2C)cc1. The molecule has 0 heterocycles. The minimum absolute atomic E-state index is 0.233. The van der Waals surface area contributed by atoms with Gasteiger partial charge in [0, 0.05) is 16.8 Å². The number of hydrogen-bond donors (Lipinski definition) is 1. The molecule has 0 bridgehead atoms. The van der Waals surface area contributed by atoms with Gasteiger partial charge in [0.1, 0.15) is 5.82 Å². The van der Waals surface area contributed by atoms with Gasteiger partial charge in [-0.1, -0.05) is 23.8 Å². The molecule has 1 N–H and O–H groups in total. The van der Waals surface area contributed by atoms with E-state index < -0.39 is 0 Å². The quantitative estimate of drug-likeness (QED) is 0.856. The van der Waals surface area contributed by atoms with Gasteiger partial charge >= 0.3 is 0 Å². The van der Waals surface area contributed by atoms with Crippen LogP contribution in [0.5, 0.6) is 0 Å². The maximum absolute atomic E-state index is 13.3. The molecule has 0 aromatic heterocycles. The number of amides is 1. The normalized spacial score (nSPS) is 10.2. The van der Waals surface area contributed by atoms with E-state index >= 15 is 0 Å². The Morgan fingerprint density at radius 1 is 1.06 bits per heavy atom. The third-order valence-corrected chi connectivity index (χ3v) is 2.83. The molecular weight excluding hydrogens is 229 g/mol. The highest BCUT2D eigenvalue weighted by atomic mass is 19.1. The number of benzene rings is 2. The van der Waals surface area contributed by atoms with Crippen molar-refractivity contribution in [1.29, 1.82) is 0 Å². The fraction of sp³-hybridized carbons (Fsp3) is 0.133. The summed E-state index contributed by atoms with van der Waals surface area (Å²) in [6.07, 6.45) is 0. The Morgan fingerprint density at radius 3 is 2.39 bits per heavy atom. The summed E-state index contributed by atoms with van der Waals surface area (Å²) in [7, 11) is 0. The second-order valence-electron chi connectivity index (χ2n) is 4.23. The van der Waals surface area contributed by atoms with Crippen molar-refractivity contribution in [3.8, 4) is 0 Å². The van der Waals surface area contributed by atoms with Crippen molar-refractivity contribution in [2.75, 3.05) is 5.32 Å². The van der Waals surface area contributed by atoms with Crippen molar-refractivity contribution in [3.05, 3.63) is 65.0 Å². The molecule has 0 saturated heterocycles. The summed E-state index contributed by atoms with van der Waals surface area (Å²) in [6, 6.07) is 11.9. The second-order valence-corrected chi connectivity index (χ2v) is 4.23. The van der Waals surface area contributed by atoms with Crippen LogP contribution < -0.4 is 5.32 Å². The molecular formula is C15H14FNO. The first-order valence-corrected chi connectivity index (χ1v) is 5.71. The molecule has 0 aliphatic heterocycles. The fourth-order valence-corrected chi connectivity index (χ4v) is 1.64. The van der Waals surface area contributed by atoms with E-state index in [2.05, 4.69) is 5.32 Å². The van der Waals surface area contributed by atoms with E-state index in [9.17, 15) is 9.18 Å². The molecule has 0 aliphatic carbocycles. The van der Waals surface area contributed by atoms with Crippen molar-refractivity contribution in [2.45, 2.75) is 13.8 Å². The summed E-state index contributed by atoms with van der Waals surface area (Å²) in [5.74, 6) is -0.555. The monoisotopic (exact) mass is 243 g/mol. The number of carbonyl (C=O) groups excluding carboxylic acids is 1. The molecule has 2 aromatic carbocycles. The zero-order chi connectivity index (χ0) is 13.1. The van der Waals surface area contributed by atoms with Crippen LogP contribution in [0, 0.1) is 19.7 Å². The zero-order valence-electron chi connectivity index (χ0n) is 10.3. The Labute approximate surface area is 105 Å². The number of aryl methyl sites for hydroxylation is 1. The fourth-order valence-electron chi connectivity index (χ4n) is 1.64. The number of anilines is 1. The molecule has 0 aliphatic rings. The van der Waals surface area contributed by atoms with Gasteiger partial charge in [-0.05, 0) is 38.1 Å². The highest BCUT2D eigenvalue weighted by Crippen LogP contribution is 2.18. The van der Waals surface area contributed by atoms with Gasteiger partial charge in [0.25, 0.3) is 5.91 Å². The lowest BCUT2D eigenvalue weighted by Crippen LogP contribution is -2.13. The zero-order valence-corrected chi connectivity index (χ0v) is 10.3. The molecule has 2 rings (SSSR count). The molecule has 0 atom stereocenters. The van der Waals surface area contributed by atoms with E-state index in [1.165, 1.54) is 6.07 Å². The summed E-state index contributed by atoms with van der Waals surface area (Å²) in [5.41, 5.74) is 2.59. The van der Waals surface area contributed by atoms with Gasteiger partial charge in [-0.3, -0.25) is 4.79 Å². The molecule has 0 unspecified atom stereocenters. The first kappa shape index (κ1) is 12.3. The van der Waals surface area contributed by atoms with Crippen LogP contribution in [0.1, 0.15) is 21.5 Å². The lowest BCUT2D eigenvalue weighted by Gasteiger charge is -2.09. The number of halogens is 1. The van der Waals surface area contributed by atoms with Crippen LogP contribution >= 0.6 is 0 Å². The topological polar surface area (TPSA) is 29.1 Å². The lowest BCUT2D eigenvalue weighted by atomic mass is 10.1. The van der Waals surface area contributed by atoms with E-state index in [4.69, 9.17) is 0 Å². The first-order valence-electron chi connectivity index (χ1n) is 5.71. The minimum atomic E-state index is -0.322. The number of nitrogens with one attached hydrogen (secondary N) is 1. The van der Waals surface area contributed by atoms with Crippen LogP contribution in [-0.4, -0.2) is 5.91 Å². The smallest absolute Gasteiger partial charge is 0.255 e. The predicted octanol–water partition coefficient (Wildman–Crippen LogP) is 3.69. The van der Waals surface area contributed by atoms with Gasteiger partial charge in [-0.2, -0.15) is 0 Å². The molecule has 0 fully saturated rings. The molecule has 0 radical (unpaired) electrons. The van der Waals surface area contributed by atoms with E-state index in [1.54, 1.807) is 31.2 Å². The number of rotatable bonds is 2. The standard InChI is InChI=1S/C15H14FNO/c1-10-6-8-12(9-7-10)15(18)17-14-5-3-4-13(16)11(14)2/h3-9H,1-2H3,(H,17,18). The largest absolute Gasteiger partial charge is 0.322 e. The van der Waals surface area contributed by atoms with Crippen molar-refractivity contribution < 1.29 is 9.18 Å². The maximum atomic E-state index is 13.3. The van der Waals surface area contributed by atoms with Crippen LogP contribution in [0.4, 0.5) is 10.1 Å². The van der Waals surface area contributed by atoms with Crippen molar-refractivity contribution >= 4 is 11.6 Å². The molecule has 3 heteroatoms. The van der Waals surface area contributed by atoms with Crippen molar-refractivity contribution in [2.24, 2.45) is 0 Å². The summed E-state index contributed by atoms with van der Waals surface area (Å²) >= 11 is 0. The molecule has 0 saturated carbocycles. The number of hydrogen-bond acceptors (Lipinski definition) is 1. The van der Waals surface area contributed by atoms with E-state index in [-0.39, 0.29) is 11.7 Å². The van der Waals surface area contributed by atoms with Crippen LogP contribution in [-0.2, 0) is 0 Å². The van der Waals surface area contributed by atoms with Crippen LogP contribution in [0.15, 0.2) is 42.5 Å². The summed E-state index contributed by atoms with van der Waals surface area (Å²) in [6.45, 7) is 3.60. The first-order chi connectivity index (χ1) is 8.58. The van der Waals surface area contributed by atoms with Crippen molar-refractivity contribution in [3.63, 3.8) is 0 Å². The number of carbonyl (C=O) groups is 1. The Balaban J connectivity index is 2.21. The lowest BCUT2D eigenvalue weighted by molar-refractivity contribution is 0.102. The average molecular weight is 243 g/mol. The molecule has 2 nitrogen and oxygen atoms in total. The van der Waals surface area contributed by atoms with E-state index in [0.717, 1.165) is 5.56 Å². The van der Waals surface area contributed by atoms with Crippen molar-refractivity contribution in [1.82, 2.24) is 0 Å².